The van der Waals surface area contributed by atoms with Crippen molar-refractivity contribution in [2.24, 2.45) is 0 Å². The molecule has 0 radical (unpaired) electrons. The zero-order valence-electron chi connectivity index (χ0n) is 31.7. The Kier molecular flexibility index (Phi) is 6.43. The van der Waals surface area contributed by atoms with E-state index in [9.17, 15) is 0 Å². The number of hydrogen-bond donors (Lipinski definition) is 0. The van der Waals surface area contributed by atoms with Crippen LogP contribution in [0.15, 0.2) is 212 Å². The summed E-state index contributed by atoms with van der Waals surface area (Å²) in [6, 6.07) is 79.4. The van der Waals surface area contributed by atoms with Crippen LogP contribution in [-0.4, -0.2) is 0 Å². The van der Waals surface area contributed by atoms with Gasteiger partial charge in [-0.1, -0.05) is 176 Å². The first-order chi connectivity index (χ1) is 28.8. The van der Waals surface area contributed by atoms with Crippen molar-refractivity contribution < 1.29 is 0 Å². The Labute approximate surface area is 337 Å². The lowest BCUT2D eigenvalue weighted by Gasteiger charge is -2.39. The van der Waals surface area contributed by atoms with E-state index in [-0.39, 0.29) is 0 Å². The fraction of sp³-hybridized carbons (Fsp3) is 0.0175. The lowest BCUT2D eigenvalue weighted by atomic mass is 9.69. The summed E-state index contributed by atoms with van der Waals surface area (Å²) in [6.07, 6.45) is 0. The molecule has 1 heteroatoms. The number of hydrogen-bond acceptors (Lipinski definition) is 1. The van der Waals surface area contributed by atoms with Crippen molar-refractivity contribution in [2.45, 2.75) is 5.41 Å². The zero-order chi connectivity index (χ0) is 38.0. The molecule has 0 N–H and O–H groups in total. The van der Waals surface area contributed by atoms with Crippen LogP contribution in [0, 0.1) is 0 Å². The Bertz CT molecular complexity index is 3270. The van der Waals surface area contributed by atoms with Crippen LogP contribution in [-0.2, 0) is 5.41 Å². The Hall–Kier alpha value is -7.48. The summed E-state index contributed by atoms with van der Waals surface area (Å²) in [5.41, 5.74) is 21.3. The molecule has 0 bridgehead atoms. The van der Waals surface area contributed by atoms with Crippen LogP contribution in [0.4, 0.5) is 17.1 Å². The summed E-state index contributed by atoms with van der Waals surface area (Å²) in [6.45, 7) is 0. The Morgan fingerprint density at radius 3 is 1.50 bits per heavy atom. The number of nitrogens with zero attached hydrogens (tertiary/aromatic N) is 1. The molecule has 0 saturated carbocycles. The van der Waals surface area contributed by atoms with Gasteiger partial charge in [-0.2, -0.15) is 0 Å². The molecular formula is C57H35N. The van der Waals surface area contributed by atoms with Crippen LogP contribution in [0.5, 0.6) is 0 Å². The molecule has 3 aliphatic rings. The van der Waals surface area contributed by atoms with E-state index >= 15 is 0 Å². The van der Waals surface area contributed by atoms with E-state index in [1.807, 2.05) is 0 Å². The molecule has 1 spiro atoms. The van der Waals surface area contributed by atoms with Crippen LogP contribution in [0.25, 0.3) is 77.2 Å². The van der Waals surface area contributed by atoms with Gasteiger partial charge in [0.2, 0.25) is 0 Å². The molecule has 0 atom stereocenters. The minimum absolute atomic E-state index is 0.510. The van der Waals surface area contributed by atoms with Crippen LogP contribution in [0.2, 0.25) is 0 Å². The summed E-state index contributed by atoms with van der Waals surface area (Å²) < 4.78 is 0. The number of rotatable bonds is 4. The summed E-state index contributed by atoms with van der Waals surface area (Å²) in [5.74, 6) is 0. The third-order valence-corrected chi connectivity index (χ3v) is 13.2. The lowest BCUT2D eigenvalue weighted by Crippen LogP contribution is -2.28. The van der Waals surface area contributed by atoms with Gasteiger partial charge in [-0.3, -0.25) is 0 Å². The summed E-state index contributed by atoms with van der Waals surface area (Å²) in [4.78, 5) is 2.62. The molecule has 0 aliphatic heterocycles. The fourth-order valence-electron chi connectivity index (χ4n) is 10.8. The molecule has 13 rings (SSSR count). The molecule has 1 nitrogen and oxygen atoms in total. The number of anilines is 3. The average molecular weight is 734 g/mol. The van der Waals surface area contributed by atoms with Crippen molar-refractivity contribution in [1.29, 1.82) is 0 Å². The second-order valence-electron chi connectivity index (χ2n) is 15.9. The quantitative estimate of drug-likeness (QED) is 0.174. The molecule has 0 fully saturated rings. The van der Waals surface area contributed by atoms with Gasteiger partial charge in [0, 0.05) is 22.2 Å². The van der Waals surface area contributed by atoms with Gasteiger partial charge < -0.3 is 4.90 Å². The molecule has 268 valence electrons. The number of fused-ring (bicyclic) bond motifs is 16. The van der Waals surface area contributed by atoms with Gasteiger partial charge in [0.1, 0.15) is 0 Å². The van der Waals surface area contributed by atoms with Crippen LogP contribution in [0.1, 0.15) is 22.3 Å². The van der Waals surface area contributed by atoms with Crippen molar-refractivity contribution in [2.75, 3.05) is 4.90 Å². The number of benzene rings is 10. The van der Waals surface area contributed by atoms with Gasteiger partial charge in [0.25, 0.3) is 0 Å². The normalized spacial score (nSPS) is 13.3. The van der Waals surface area contributed by atoms with Crippen molar-refractivity contribution in [3.05, 3.63) is 235 Å². The Morgan fingerprint density at radius 1 is 0.328 bits per heavy atom. The van der Waals surface area contributed by atoms with E-state index in [2.05, 4.69) is 217 Å². The van der Waals surface area contributed by atoms with Crippen molar-refractivity contribution in [1.82, 2.24) is 0 Å². The third-order valence-electron chi connectivity index (χ3n) is 13.2. The SMILES string of the molecule is c1ccc(-c2ccc(N(c3cccc4c3C3(c5ccccc5-c5ccccc53)c3ccccc3-4)c3c4c(cc5ccccc35)-c3cc5ccccc5cc3-4)cc2)cc1. The highest BCUT2D eigenvalue weighted by atomic mass is 15.2. The Morgan fingerprint density at radius 2 is 0.828 bits per heavy atom. The van der Waals surface area contributed by atoms with Crippen molar-refractivity contribution in [3.63, 3.8) is 0 Å². The maximum Gasteiger partial charge on any atom is 0.0746 e. The first-order valence-electron chi connectivity index (χ1n) is 20.3. The van der Waals surface area contributed by atoms with Crippen LogP contribution >= 0.6 is 0 Å². The first-order valence-corrected chi connectivity index (χ1v) is 20.3. The highest BCUT2D eigenvalue weighted by Crippen LogP contribution is 2.66. The standard InChI is InChI=1S/C57H35N/c1-2-15-36(16-3-1)37-29-31-41(32-30-37)58(56-42-20-7-6-19-40(42)35-49-47-33-38-17-4-5-18-39(38)34-48(47)54(49)56)53-28-14-24-46-45-23-10-13-27-52(45)57(55(46)53)50-25-11-8-21-43(50)44-22-9-12-26-51(44)57/h1-35H. The smallest absolute Gasteiger partial charge is 0.0746 e. The second kappa shape index (κ2) is 11.8. The van der Waals surface area contributed by atoms with Gasteiger partial charge in [0.15, 0.2) is 0 Å². The molecule has 0 saturated heterocycles. The molecule has 3 aliphatic carbocycles. The first kappa shape index (κ1) is 31.7. The monoisotopic (exact) mass is 733 g/mol. The van der Waals surface area contributed by atoms with Crippen molar-refractivity contribution in [3.8, 4) is 55.6 Å². The van der Waals surface area contributed by atoms with Crippen LogP contribution in [0.3, 0.4) is 0 Å². The molecule has 0 aromatic heterocycles. The molecule has 10 aromatic rings. The van der Waals surface area contributed by atoms with Gasteiger partial charge in [0.05, 0.1) is 16.8 Å². The van der Waals surface area contributed by atoms with E-state index in [0.717, 1.165) is 5.69 Å². The molecular weight excluding hydrogens is 699 g/mol. The largest absolute Gasteiger partial charge is 0.309 e. The Balaban J connectivity index is 1.16. The molecule has 10 aromatic carbocycles. The molecule has 0 unspecified atom stereocenters. The minimum atomic E-state index is -0.510. The zero-order valence-corrected chi connectivity index (χ0v) is 31.7. The third kappa shape index (κ3) is 4.10. The van der Waals surface area contributed by atoms with E-state index in [4.69, 9.17) is 0 Å². The average Bonchev–Trinajstić information content (AvgIpc) is 3.76. The molecule has 0 heterocycles. The lowest BCUT2D eigenvalue weighted by molar-refractivity contribution is 0.793. The highest BCUT2D eigenvalue weighted by molar-refractivity contribution is 6.21. The maximum atomic E-state index is 2.62. The van der Waals surface area contributed by atoms with Crippen molar-refractivity contribution >= 4 is 38.6 Å². The predicted octanol–water partition coefficient (Wildman–Crippen LogP) is 15.1. The summed E-state index contributed by atoms with van der Waals surface area (Å²) in [5, 5.41) is 5.01. The van der Waals surface area contributed by atoms with Gasteiger partial charge in [-0.15, -0.1) is 0 Å². The van der Waals surface area contributed by atoms with E-state index in [1.54, 1.807) is 0 Å². The summed E-state index contributed by atoms with van der Waals surface area (Å²) in [7, 11) is 0. The molecule has 58 heavy (non-hydrogen) atoms. The van der Waals surface area contributed by atoms with Gasteiger partial charge in [-0.05, 0) is 119 Å². The van der Waals surface area contributed by atoms with E-state index < -0.39 is 5.41 Å². The van der Waals surface area contributed by atoms with E-state index in [0.29, 0.717) is 0 Å². The second-order valence-corrected chi connectivity index (χ2v) is 15.9. The molecule has 0 amide bonds. The topological polar surface area (TPSA) is 3.24 Å². The predicted molar refractivity (Wildman–Crippen MR) is 242 cm³/mol. The minimum Gasteiger partial charge on any atom is -0.309 e. The maximum absolute atomic E-state index is 2.62. The van der Waals surface area contributed by atoms with Gasteiger partial charge in [-0.25, -0.2) is 0 Å². The van der Waals surface area contributed by atoms with Gasteiger partial charge >= 0.3 is 0 Å². The van der Waals surface area contributed by atoms with Crippen LogP contribution < -0.4 is 4.90 Å². The summed E-state index contributed by atoms with van der Waals surface area (Å²) >= 11 is 0. The highest BCUT2D eigenvalue weighted by Gasteiger charge is 2.53. The fourth-order valence-corrected chi connectivity index (χ4v) is 10.8. The van der Waals surface area contributed by atoms with E-state index in [1.165, 1.54) is 111 Å².